The summed E-state index contributed by atoms with van der Waals surface area (Å²) in [6.45, 7) is 2.98. The van der Waals surface area contributed by atoms with E-state index in [1.54, 1.807) is 50.2 Å². The van der Waals surface area contributed by atoms with Crippen LogP contribution in [0.15, 0.2) is 28.9 Å². The number of aryl methyl sites for hydroxylation is 1. The summed E-state index contributed by atoms with van der Waals surface area (Å²) in [7, 11) is 3.12. The molecule has 0 spiro atoms. The van der Waals surface area contributed by atoms with Gasteiger partial charge < -0.3 is 18.9 Å². The highest BCUT2D eigenvalue weighted by atomic mass is 16.5. The van der Waals surface area contributed by atoms with Crippen molar-refractivity contribution in [3.63, 3.8) is 0 Å². The molecule has 10 nitrogen and oxygen atoms in total. The summed E-state index contributed by atoms with van der Waals surface area (Å²) in [5, 5.41) is 12.1. The molecular formula is C19H22N6O4. The van der Waals surface area contributed by atoms with Crippen molar-refractivity contribution < 1.29 is 18.8 Å². The van der Waals surface area contributed by atoms with Gasteiger partial charge in [-0.2, -0.15) is 4.98 Å². The Morgan fingerprint density at radius 2 is 2.07 bits per heavy atom. The highest BCUT2D eigenvalue weighted by molar-refractivity contribution is 5.95. The molecule has 3 aromatic rings. The van der Waals surface area contributed by atoms with E-state index in [2.05, 4.69) is 20.5 Å². The van der Waals surface area contributed by atoms with E-state index in [4.69, 9.17) is 14.0 Å². The second kappa shape index (κ2) is 7.90. The van der Waals surface area contributed by atoms with Crippen LogP contribution in [0.4, 0.5) is 0 Å². The van der Waals surface area contributed by atoms with Crippen LogP contribution in [0.5, 0.6) is 11.5 Å². The van der Waals surface area contributed by atoms with E-state index in [9.17, 15) is 4.79 Å². The van der Waals surface area contributed by atoms with Gasteiger partial charge in [0, 0.05) is 18.7 Å². The summed E-state index contributed by atoms with van der Waals surface area (Å²) >= 11 is 0. The summed E-state index contributed by atoms with van der Waals surface area (Å²) in [6, 6.07) is 5.22. The molecule has 1 aliphatic heterocycles. The van der Waals surface area contributed by atoms with E-state index in [-0.39, 0.29) is 11.9 Å². The Bertz CT molecular complexity index is 1010. The first-order valence-electron chi connectivity index (χ1n) is 9.33. The lowest BCUT2D eigenvalue weighted by Gasteiger charge is -2.32. The van der Waals surface area contributed by atoms with Crippen molar-refractivity contribution in [1.82, 2.24) is 30.0 Å². The fourth-order valence-corrected chi connectivity index (χ4v) is 3.46. The fourth-order valence-electron chi connectivity index (χ4n) is 3.46. The average Bonchev–Trinajstić information content (AvgIpc) is 3.42. The van der Waals surface area contributed by atoms with Gasteiger partial charge in [-0.15, -0.1) is 5.10 Å². The van der Waals surface area contributed by atoms with Crippen LogP contribution in [0, 0.1) is 6.92 Å². The zero-order valence-electron chi connectivity index (χ0n) is 16.5. The minimum atomic E-state index is -0.0523. The molecule has 0 N–H and O–H groups in total. The first kappa shape index (κ1) is 18.9. The van der Waals surface area contributed by atoms with E-state index in [0.29, 0.717) is 47.6 Å². The van der Waals surface area contributed by atoms with E-state index in [1.807, 2.05) is 4.90 Å². The summed E-state index contributed by atoms with van der Waals surface area (Å²) in [4.78, 5) is 19.0. The van der Waals surface area contributed by atoms with Gasteiger partial charge >= 0.3 is 0 Å². The Labute approximate surface area is 167 Å². The molecule has 4 rings (SSSR count). The predicted octanol–water partition coefficient (Wildman–Crippen LogP) is 2.13. The van der Waals surface area contributed by atoms with Gasteiger partial charge in [-0.3, -0.25) is 4.79 Å². The standard InChI is InChI=1S/C19H22N6O4/c1-12-20-18(29-22-12)15-11-25(23-21-15)14-5-4-8-24(10-14)19(26)13-6-7-16(27-2)17(9-13)28-3/h6-7,9,11,14H,4-5,8,10H2,1-3H3. The van der Waals surface area contributed by atoms with Gasteiger partial charge in [-0.1, -0.05) is 10.4 Å². The molecule has 10 heteroatoms. The molecule has 0 aliphatic carbocycles. The number of piperidine rings is 1. The Morgan fingerprint density at radius 1 is 1.24 bits per heavy atom. The zero-order valence-corrected chi connectivity index (χ0v) is 16.5. The van der Waals surface area contributed by atoms with E-state index >= 15 is 0 Å². The number of hydrogen-bond acceptors (Lipinski definition) is 8. The van der Waals surface area contributed by atoms with Gasteiger partial charge in [0.15, 0.2) is 23.0 Å². The molecule has 1 aromatic carbocycles. The zero-order chi connectivity index (χ0) is 20.4. The molecule has 152 valence electrons. The summed E-state index contributed by atoms with van der Waals surface area (Å²) in [6.07, 6.45) is 3.56. The Kier molecular flexibility index (Phi) is 5.15. The van der Waals surface area contributed by atoms with Crippen LogP contribution >= 0.6 is 0 Å². The largest absolute Gasteiger partial charge is 0.493 e. The molecule has 1 unspecified atom stereocenters. The average molecular weight is 398 g/mol. The van der Waals surface area contributed by atoms with Crippen molar-refractivity contribution >= 4 is 5.91 Å². The van der Waals surface area contributed by atoms with Crippen molar-refractivity contribution in [1.29, 1.82) is 0 Å². The third kappa shape index (κ3) is 3.78. The normalized spacial score (nSPS) is 16.7. The molecule has 0 bridgehead atoms. The van der Waals surface area contributed by atoms with Gasteiger partial charge in [0.2, 0.25) is 0 Å². The second-order valence-corrected chi connectivity index (χ2v) is 6.85. The Hall–Kier alpha value is -3.43. The number of nitrogens with zero attached hydrogens (tertiary/aromatic N) is 6. The molecule has 1 aliphatic rings. The maximum Gasteiger partial charge on any atom is 0.280 e. The molecule has 1 atom stereocenters. The minimum Gasteiger partial charge on any atom is -0.493 e. The van der Waals surface area contributed by atoms with Crippen LogP contribution in [-0.4, -0.2) is 63.3 Å². The predicted molar refractivity (Wildman–Crippen MR) is 102 cm³/mol. The topological polar surface area (TPSA) is 108 Å². The van der Waals surface area contributed by atoms with Crippen LogP contribution in [0.1, 0.15) is 35.1 Å². The Morgan fingerprint density at radius 3 is 2.79 bits per heavy atom. The maximum absolute atomic E-state index is 13.0. The molecule has 2 aromatic heterocycles. The maximum atomic E-state index is 13.0. The fraction of sp³-hybridized carbons (Fsp3) is 0.421. The molecule has 0 radical (unpaired) electrons. The smallest absolute Gasteiger partial charge is 0.280 e. The van der Waals surface area contributed by atoms with Gasteiger partial charge in [-0.05, 0) is 38.0 Å². The minimum absolute atomic E-state index is 0.0260. The van der Waals surface area contributed by atoms with Crippen molar-refractivity contribution in [2.75, 3.05) is 27.3 Å². The number of likely N-dealkylation sites (tertiary alicyclic amines) is 1. The van der Waals surface area contributed by atoms with Crippen molar-refractivity contribution in [2.45, 2.75) is 25.8 Å². The highest BCUT2D eigenvalue weighted by Crippen LogP contribution is 2.29. The number of aromatic nitrogens is 5. The molecule has 1 fully saturated rings. The monoisotopic (exact) mass is 398 g/mol. The lowest BCUT2D eigenvalue weighted by Crippen LogP contribution is -2.40. The SMILES string of the molecule is COc1ccc(C(=O)N2CCCC(n3cc(-c4nc(C)no4)nn3)C2)cc1OC. The number of hydrogen-bond donors (Lipinski definition) is 0. The number of rotatable bonds is 5. The quantitative estimate of drug-likeness (QED) is 0.643. The lowest BCUT2D eigenvalue weighted by molar-refractivity contribution is 0.0671. The molecule has 3 heterocycles. The lowest BCUT2D eigenvalue weighted by atomic mass is 10.0. The van der Waals surface area contributed by atoms with Crippen LogP contribution < -0.4 is 9.47 Å². The van der Waals surface area contributed by atoms with Crippen molar-refractivity contribution in [3.8, 4) is 23.1 Å². The number of benzene rings is 1. The van der Waals surface area contributed by atoms with Crippen LogP contribution in [-0.2, 0) is 0 Å². The molecular weight excluding hydrogens is 376 g/mol. The second-order valence-electron chi connectivity index (χ2n) is 6.85. The summed E-state index contributed by atoms with van der Waals surface area (Å²) in [5.74, 6) is 1.94. The molecule has 29 heavy (non-hydrogen) atoms. The molecule has 1 saturated heterocycles. The first-order valence-corrected chi connectivity index (χ1v) is 9.33. The van der Waals surface area contributed by atoms with Crippen LogP contribution in [0.3, 0.4) is 0 Å². The van der Waals surface area contributed by atoms with Crippen molar-refractivity contribution in [2.24, 2.45) is 0 Å². The Balaban J connectivity index is 1.50. The first-order chi connectivity index (χ1) is 14.1. The van der Waals surface area contributed by atoms with E-state index in [0.717, 1.165) is 12.8 Å². The summed E-state index contributed by atoms with van der Waals surface area (Å²) < 4.78 is 17.5. The summed E-state index contributed by atoms with van der Waals surface area (Å²) in [5.41, 5.74) is 1.08. The molecule has 0 saturated carbocycles. The van der Waals surface area contributed by atoms with Gasteiger partial charge in [0.1, 0.15) is 0 Å². The number of amides is 1. The molecule has 1 amide bonds. The number of carbonyl (C=O) groups is 1. The van der Waals surface area contributed by atoms with E-state index in [1.165, 1.54) is 0 Å². The van der Waals surface area contributed by atoms with Crippen molar-refractivity contribution in [3.05, 3.63) is 35.8 Å². The number of ether oxygens (including phenoxy) is 2. The highest BCUT2D eigenvalue weighted by Gasteiger charge is 2.27. The number of methoxy groups -OCH3 is 2. The number of carbonyl (C=O) groups excluding carboxylic acids is 1. The van der Waals surface area contributed by atoms with E-state index < -0.39 is 0 Å². The van der Waals surface area contributed by atoms with Gasteiger partial charge in [0.05, 0.1) is 26.5 Å². The van der Waals surface area contributed by atoms with Gasteiger partial charge in [0.25, 0.3) is 11.8 Å². The third-order valence-electron chi connectivity index (χ3n) is 4.95. The van der Waals surface area contributed by atoms with Crippen LogP contribution in [0.2, 0.25) is 0 Å². The van der Waals surface area contributed by atoms with Crippen LogP contribution in [0.25, 0.3) is 11.6 Å². The third-order valence-corrected chi connectivity index (χ3v) is 4.95. The van der Waals surface area contributed by atoms with Gasteiger partial charge in [-0.25, -0.2) is 4.68 Å².